The molecule has 1 N–H and O–H groups in total. The van der Waals surface area contributed by atoms with E-state index in [9.17, 15) is 9.59 Å². The maximum absolute atomic E-state index is 12.1. The summed E-state index contributed by atoms with van der Waals surface area (Å²) in [6.07, 6.45) is 2.28. The lowest BCUT2D eigenvalue weighted by atomic mass is 9.91. The van der Waals surface area contributed by atoms with Gasteiger partial charge in [-0.1, -0.05) is 20.8 Å². The van der Waals surface area contributed by atoms with Gasteiger partial charge >= 0.3 is 0 Å². The summed E-state index contributed by atoms with van der Waals surface area (Å²) in [6.45, 7) is 11.6. The molecule has 1 rings (SSSR count). The summed E-state index contributed by atoms with van der Waals surface area (Å²) < 4.78 is 5.28. The van der Waals surface area contributed by atoms with Crippen LogP contribution in [0.15, 0.2) is 0 Å². The predicted molar refractivity (Wildman–Crippen MR) is 82.9 cm³/mol. The van der Waals surface area contributed by atoms with Crippen LogP contribution in [0.25, 0.3) is 0 Å². The van der Waals surface area contributed by atoms with Crippen molar-refractivity contribution in [2.45, 2.75) is 66.0 Å². The highest BCUT2D eigenvalue weighted by molar-refractivity contribution is 5.78. The van der Waals surface area contributed by atoms with Crippen LogP contribution >= 0.6 is 0 Å². The van der Waals surface area contributed by atoms with E-state index in [0.717, 1.165) is 25.9 Å². The van der Waals surface area contributed by atoms with Gasteiger partial charge in [-0.05, 0) is 32.1 Å². The molecule has 5 nitrogen and oxygen atoms in total. The molecule has 0 radical (unpaired) electrons. The Bertz CT molecular complexity index is 353. The fraction of sp³-hybridized carbons (Fsp3) is 0.875. The molecule has 1 heterocycles. The molecule has 0 aromatic rings. The van der Waals surface area contributed by atoms with Gasteiger partial charge in [0.05, 0.1) is 6.10 Å². The van der Waals surface area contributed by atoms with E-state index in [1.807, 2.05) is 18.7 Å². The Morgan fingerprint density at radius 1 is 1.24 bits per heavy atom. The number of ether oxygens (including phenoxy) is 1. The molecule has 0 spiro atoms. The van der Waals surface area contributed by atoms with Crippen LogP contribution in [-0.4, -0.2) is 48.6 Å². The molecule has 2 amide bonds. The van der Waals surface area contributed by atoms with E-state index in [4.69, 9.17) is 4.74 Å². The second-order valence-electron chi connectivity index (χ2n) is 7.32. The SMILES string of the molecule is CC(C)OCC(=O)NC1CCN(C(=O)CC(C)(C)C)CC1. The number of piperidine rings is 1. The van der Waals surface area contributed by atoms with Crippen LogP contribution in [0.3, 0.4) is 0 Å². The fourth-order valence-electron chi connectivity index (χ4n) is 2.35. The highest BCUT2D eigenvalue weighted by Gasteiger charge is 2.26. The van der Waals surface area contributed by atoms with Crippen molar-refractivity contribution < 1.29 is 14.3 Å². The zero-order valence-electron chi connectivity index (χ0n) is 14.1. The molecule has 21 heavy (non-hydrogen) atoms. The first-order valence-corrected chi connectivity index (χ1v) is 7.86. The Hall–Kier alpha value is -1.10. The lowest BCUT2D eigenvalue weighted by Gasteiger charge is -2.34. The summed E-state index contributed by atoms with van der Waals surface area (Å²) in [5, 5.41) is 2.98. The van der Waals surface area contributed by atoms with Crippen molar-refractivity contribution in [2.24, 2.45) is 5.41 Å². The lowest BCUT2D eigenvalue weighted by Crippen LogP contribution is -2.47. The monoisotopic (exact) mass is 298 g/mol. The lowest BCUT2D eigenvalue weighted by molar-refractivity contribution is -0.134. The molecule has 1 aliphatic heterocycles. The van der Waals surface area contributed by atoms with Crippen LogP contribution in [0.2, 0.25) is 0 Å². The van der Waals surface area contributed by atoms with Crippen molar-refractivity contribution in [3.63, 3.8) is 0 Å². The Morgan fingerprint density at radius 2 is 1.81 bits per heavy atom. The van der Waals surface area contributed by atoms with Gasteiger partial charge in [0.25, 0.3) is 0 Å². The number of nitrogens with one attached hydrogen (secondary N) is 1. The predicted octanol–water partition coefficient (Wildman–Crippen LogP) is 1.95. The van der Waals surface area contributed by atoms with E-state index < -0.39 is 0 Å². The average Bonchev–Trinajstić information content (AvgIpc) is 2.35. The minimum atomic E-state index is -0.0665. The second-order valence-corrected chi connectivity index (χ2v) is 7.32. The number of carbonyl (C=O) groups excluding carboxylic acids is 2. The molecule has 1 saturated heterocycles. The van der Waals surface area contributed by atoms with Crippen LogP contribution in [0.4, 0.5) is 0 Å². The summed E-state index contributed by atoms with van der Waals surface area (Å²) >= 11 is 0. The molecule has 0 atom stereocenters. The molecule has 0 saturated carbocycles. The molecule has 122 valence electrons. The van der Waals surface area contributed by atoms with Gasteiger partial charge in [-0.3, -0.25) is 9.59 Å². The Balaban J connectivity index is 2.29. The summed E-state index contributed by atoms with van der Waals surface area (Å²) in [7, 11) is 0. The molecule has 5 heteroatoms. The molecule has 0 aromatic heterocycles. The third kappa shape index (κ3) is 7.46. The second kappa shape index (κ2) is 7.78. The van der Waals surface area contributed by atoms with Crippen LogP contribution in [0, 0.1) is 5.41 Å². The zero-order chi connectivity index (χ0) is 16.0. The topological polar surface area (TPSA) is 58.6 Å². The van der Waals surface area contributed by atoms with Crippen molar-refractivity contribution >= 4 is 11.8 Å². The van der Waals surface area contributed by atoms with E-state index in [1.165, 1.54) is 0 Å². The van der Waals surface area contributed by atoms with E-state index >= 15 is 0 Å². The van der Waals surface area contributed by atoms with Crippen LogP contribution in [0.1, 0.15) is 53.9 Å². The normalized spacial score (nSPS) is 17.1. The molecular formula is C16H30N2O3. The van der Waals surface area contributed by atoms with Gasteiger partial charge in [-0.15, -0.1) is 0 Å². The number of hydrogen-bond acceptors (Lipinski definition) is 3. The smallest absolute Gasteiger partial charge is 0.246 e. The molecule has 0 aromatic carbocycles. The number of likely N-dealkylation sites (tertiary alicyclic amines) is 1. The average molecular weight is 298 g/mol. The molecule has 1 fully saturated rings. The van der Waals surface area contributed by atoms with E-state index in [1.54, 1.807) is 0 Å². The first kappa shape index (κ1) is 18.0. The minimum Gasteiger partial charge on any atom is -0.369 e. The van der Waals surface area contributed by atoms with Gasteiger partial charge in [0.15, 0.2) is 0 Å². The minimum absolute atomic E-state index is 0.0241. The number of rotatable bonds is 5. The van der Waals surface area contributed by atoms with E-state index in [0.29, 0.717) is 6.42 Å². The Labute approximate surface area is 128 Å². The van der Waals surface area contributed by atoms with Gasteiger partial charge in [-0.25, -0.2) is 0 Å². The van der Waals surface area contributed by atoms with Gasteiger partial charge in [0.1, 0.15) is 6.61 Å². The summed E-state index contributed by atoms with van der Waals surface area (Å²) in [5.74, 6) is 0.151. The van der Waals surface area contributed by atoms with E-state index in [-0.39, 0.29) is 36.0 Å². The molecule has 1 aliphatic rings. The fourth-order valence-corrected chi connectivity index (χ4v) is 2.35. The number of amides is 2. The molecule has 0 bridgehead atoms. The van der Waals surface area contributed by atoms with Crippen molar-refractivity contribution in [1.82, 2.24) is 10.2 Å². The third-order valence-electron chi connectivity index (χ3n) is 3.44. The van der Waals surface area contributed by atoms with Crippen molar-refractivity contribution in [1.29, 1.82) is 0 Å². The highest BCUT2D eigenvalue weighted by atomic mass is 16.5. The molecule has 0 aliphatic carbocycles. The van der Waals surface area contributed by atoms with E-state index in [2.05, 4.69) is 26.1 Å². The number of carbonyl (C=O) groups is 2. The van der Waals surface area contributed by atoms with Crippen molar-refractivity contribution in [2.75, 3.05) is 19.7 Å². The summed E-state index contributed by atoms with van der Waals surface area (Å²) in [5.41, 5.74) is 0.0241. The molecular weight excluding hydrogens is 268 g/mol. The third-order valence-corrected chi connectivity index (χ3v) is 3.44. The number of hydrogen-bond donors (Lipinski definition) is 1. The van der Waals surface area contributed by atoms with Crippen molar-refractivity contribution in [3.8, 4) is 0 Å². The van der Waals surface area contributed by atoms with Crippen LogP contribution in [-0.2, 0) is 14.3 Å². The van der Waals surface area contributed by atoms with Crippen LogP contribution < -0.4 is 5.32 Å². The summed E-state index contributed by atoms with van der Waals surface area (Å²) in [6, 6.07) is 0.159. The standard InChI is InChI=1S/C16H30N2O3/c1-12(2)21-11-14(19)17-13-6-8-18(9-7-13)15(20)10-16(3,4)5/h12-13H,6-11H2,1-5H3,(H,17,19). The Morgan fingerprint density at radius 3 is 2.29 bits per heavy atom. The first-order valence-electron chi connectivity index (χ1n) is 7.86. The summed E-state index contributed by atoms with van der Waals surface area (Å²) in [4.78, 5) is 25.8. The van der Waals surface area contributed by atoms with Gasteiger partial charge in [0, 0.05) is 25.6 Å². The highest BCUT2D eigenvalue weighted by Crippen LogP contribution is 2.21. The van der Waals surface area contributed by atoms with Gasteiger partial charge in [0.2, 0.25) is 11.8 Å². The number of nitrogens with zero attached hydrogens (tertiary/aromatic N) is 1. The zero-order valence-corrected chi connectivity index (χ0v) is 14.1. The maximum atomic E-state index is 12.1. The van der Waals surface area contributed by atoms with Gasteiger partial charge < -0.3 is 15.0 Å². The Kier molecular flexibility index (Phi) is 6.65. The van der Waals surface area contributed by atoms with Crippen molar-refractivity contribution in [3.05, 3.63) is 0 Å². The quantitative estimate of drug-likeness (QED) is 0.844. The van der Waals surface area contributed by atoms with Gasteiger partial charge in [-0.2, -0.15) is 0 Å². The van der Waals surface area contributed by atoms with Crippen LogP contribution in [0.5, 0.6) is 0 Å². The maximum Gasteiger partial charge on any atom is 0.246 e. The molecule has 0 unspecified atom stereocenters. The largest absolute Gasteiger partial charge is 0.369 e. The first-order chi connectivity index (χ1) is 9.67.